The summed E-state index contributed by atoms with van der Waals surface area (Å²) >= 11 is 6.09. The lowest BCUT2D eigenvalue weighted by molar-refractivity contribution is -0.120. The minimum Gasteiger partial charge on any atom is -0.348 e. The monoisotopic (exact) mass is 520 g/mol. The van der Waals surface area contributed by atoms with Gasteiger partial charge in [-0.15, -0.1) is 0 Å². The Morgan fingerprint density at radius 2 is 1.53 bits per heavy atom. The number of aryl methyl sites for hydroxylation is 1. The number of rotatable bonds is 8. The lowest BCUT2D eigenvalue weighted by Crippen LogP contribution is -2.41. The number of amides is 1. The van der Waals surface area contributed by atoms with E-state index in [9.17, 15) is 21.6 Å². The Bertz CT molecular complexity index is 1390. The van der Waals surface area contributed by atoms with Crippen LogP contribution in [0, 0.1) is 6.92 Å². The summed E-state index contributed by atoms with van der Waals surface area (Å²) in [7, 11) is -7.39. The van der Waals surface area contributed by atoms with Gasteiger partial charge in [0.25, 0.3) is 10.0 Å². The van der Waals surface area contributed by atoms with Crippen molar-refractivity contribution in [3.05, 3.63) is 88.9 Å². The summed E-state index contributed by atoms with van der Waals surface area (Å²) in [6.07, 6.45) is 1.12. The SMILES string of the molecule is Cc1ccc(S(=O)(=O)N(CC(=O)N[C@H](C)c2ccc(S(C)(=O)=O)cc2)c2cccc(Cl)c2)cc1. The minimum absolute atomic E-state index is 0.0512. The van der Waals surface area contributed by atoms with E-state index in [0.29, 0.717) is 10.6 Å². The van der Waals surface area contributed by atoms with Crippen LogP contribution in [-0.4, -0.2) is 35.5 Å². The van der Waals surface area contributed by atoms with E-state index in [-0.39, 0.29) is 15.5 Å². The van der Waals surface area contributed by atoms with Crippen LogP contribution >= 0.6 is 11.6 Å². The molecule has 3 rings (SSSR count). The summed E-state index contributed by atoms with van der Waals surface area (Å²) in [6, 6.07) is 18.3. The number of hydrogen-bond acceptors (Lipinski definition) is 5. The summed E-state index contributed by atoms with van der Waals surface area (Å²) < 4.78 is 51.2. The third kappa shape index (κ3) is 6.16. The van der Waals surface area contributed by atoms with Crippen molar-refractivity contribution in [2.45, 2.75) is 29.7 Å². The molecule has 0 heterocycles. The fraction of sp³-hybridized carbons (Fsp3) is 0.208. The molecule has 1 atom stereocenters. The van der Waals surface area contributed by atoms with Crippen LogP contribution in [0.25, 0.3) is 0 Å². The van der Waals surface area contributed by atoms with Crippen molar-refractivity contribution >= 4 is 43.1 Å². The van der Waals surface area contributed by atoms with Crippen LogP contribution in [0.5, 0.6) is 0 Å². The quantitative estimate of drug-likeness (QED) is 0.481. The van der Waals surface area contributed by atoms with Crippen LogP contribution in [0.2, 0.25) is 5.02 Å². The zero-order valence-corrected chi connectivity index (χ0v) is 21.3. The minimum atomic E-state index is -4.06. The van der Waals surface area contributed by atoms with Gasteiger partial charge in [-0.05, 0) is 61.9 Å². The molecule has 1 N–H and O–H groups in total. The molecule has 0 unspecified atom stereocenters. The second-order valence-electron chi connectivity index (χ2n) is 7.94. The Kier molecular flexibility index (Phi) is 7.70. The van der Waals surface area contributed by atoms with Gasteiger partial charge in [-0.3, -0.25) is 9.10 Å². The molecule has 0 bridgehead atoms. The number of nitrogens with one attached hydrogen (secondary N) is 1. The van der Waals surface area contributed by atoms with E-state index in [1.165, 1.54) is 30.3 Å². The van der Waals surface area contributed by atoms with Crippen LogP contribution in [0.15, 0.2) is 82.6 Å². The Morgan fingerprint density at radius 3 is 2.09 bits per heavy atom. The van der Waals surface area contributed by atoms with E-state index < -0.39 is 38.4 Å². The highest BCUT2D eigenvalue weighted by Gasteiger charge is 2.28. The molecule has 34 heavy (non-hydrogen) atoms. The predicted octanol–water partition coefficient (Wildman–Crippen LogP) is 4.12. The van der Waals surface area contributed by atoms with Crippen molar-refractivity contribution in [3.8, 4) is 0 Å². The number of anilines is 1. The first-order chi connectivity index (χ1) is 15.9. The highest BCUT2D eigenvalue weighted by atomic mass is 35.5. The van der Waals surface area contributed by atoms with E-state index in [1.54, 1.807) is 49.4 Å². The van der Waals surface area contributed by atoms with Gasteiger partial charge in [0.15, 0.2) is 9.84 Å². The zero-order chi connectivity index (χ0) is 25.1. The van der Waals surface area contributed by atoms with Gasteiger partial charge >= 0.3 is 0 Å². The molecule has 1 amide bonds. The molecule has 0 aromatic heterocycles. The molecule has 0 aliphatic rings. The van der Waals surface area contributed by atoms with Crippen molar-refractivity contribution in [2.24, 2.45) is 0 Å². The molecule has 0 aliphatic heterocycles. The molecule has 3 aromatic carbocycles. The average molecular weight is 521 g/mol. The lowest BCUT2D eigenvalue weighted by atomic mass is 10.1. The molecule has 0 spiro atoms. The van der Waals surface area contributed by atoms with Gasteiger partial charge in [-0.1, -0.05) is 47.5 Å². The van der Waals surface area contributed by atoms with Gasteiger partial charge in [-0.2, -0.15) is 0 Å². The number of carbonyl (C=O) groups is 1. The third-order valence-electron chi connectivity index (χ3n) is 5.18. The van der Waals surface area contributed by atoms with Crippen LogP contribution in [0.4, 0.5) is 5.69 Å². The summed E-state index contributed by atoms with van der Waals surface area (Å²) in [6.45, 7) is 3.11. The van der Waals surface area contributed by atoms with Crippen LogP contribution in [0.3, 0.4) is 0 Å². The standard InChI is InChI=1S/C24H25ClN2O5S2/c1-17-7-11-23(12-8-17)34(31,32)27(21-6-4-5-20(25)15-21)16-24(28)26-18(2)19-9-13-22(14-10-19)33(3,29)30/h4-15,18H,16H2,1-3H3,(H,26,28)/t18-/m1/s1. The normalized spacial score (nSPS) is 12.7. The van der Waals surface area contributed by atoms with E-state index in [1.807, 2.05) is 6.92 Å². The van der Waals surface area contributed by atoms with Crippen molar-refractivity contribution in [3.63, 3.8) is 0 Å². The molecule has 0 aliphatic carbocycles. The molecular weight excluding hydrogens is 496 g/mol. The summed E-state index contributed by atoms with van der Waals surface area (Å²) in [4.78, 5) is 13.1. The van der Waals surface area contributed by atoms with Gasteiger partial charge in [0.2, 0.25) is 5.91 Å². The zero-order valence-electron chi connectivity index (χ0n) is 18.9. The van der Waals surface area contributed by atoms with E-state index in [2.05, 4.69) is 5.32 Å². The number of benzene rings is 3. The molecule has 0 saturated carbocycles. The molecular formula is C24H25ClN2O5S2. The molecule has 7 nitrogen and oxygen atoms in total. The third-order valence-corrected chi connectivity index (χ3v) is 8.33. The van der Waals surface area contributed by atoms with E-state index in [0.717, 1.165) is 16.1 Å². The Balaban J connectivity index is 1.86. The first-order valence-corrected chi connectivity index (χ1v) is 14.0. The maximum atomic E-state index is 13.4. The van der Waals surface area contributed by atoms with E-state index >= 15 is 0 Å². The lowest BCUT2D eigenvalue weighted by Gasteiger charge is -2.25. The smallest absolute Gasteiger partial charge is 0.264 e. The Labute approximate surface area is 205 Å². The number of sulfone groups is 1. The highest BCUT2D eigenvalue weighted by Crippen LogP contribution is 2.26. The van der Waals surface area contributed by atoms with Gasteiger partial charge in [-0.25, -0.2) is 16.8 Å². The molecule has 0 radical (unpaired) electrons. The largest absolute Gasteiger partial charge is 0.348 e. The Hall–Kier alpha value is -2.88. The van der Waals surface area contributed by atoms with Crippen molar-refractivity contribution < 1.29 is 21.6 Å². The van der Waals surface area contributed by atoms with Crippen molar-refractivity contribution in [2.75, 3.05) is 17.1 Å². The van der Waals surface area contributed by atoms with Crippen molar-refractivity contribution in [1.82, 2.24) is 5.32 Å². The van der Waals surface area contributed by atoms with Gasteiger partial charge < -0.3 is 5.32 Å². The summed E-state index contributed by atoms with van der Waals surface area (Å²) in [5.41, 5.74) is 1.84. The van der Waals surface area contributed by atoms with Gasteiger partial charge in [0.05, 0.1) is 21.5 Å². The van der Waals surface area contributed by atoms with E-state index in [4.69, 9.17) is 11.6 Å². The number of nitrogens with zero attached hydrogens (tertiary/aromatic N) is 1. The molecule has 0 saturated heterocycles. The summed E-state index contributed by atoms with van der Waals surface area (Å²) in [5, 5.41) is 3.11. The fourth-order valence-corrected chi connectivity index (χ4v) is 5.52. The maximum Gasteiger partial charge on any atom is 0.264 e. The number of hydrogen-bond donors (Lipinski definition) is 1. The number of sulfonamides is 1. The highest BCUT2D eigenvalue weighted by molar-refractivity contribution is 7.93. The van der Waals surface area contributed by atoms with Gasteiger partial charge in [0.1, 0.15) is 6.54 Å². The van der Waals surface area contributed by atoms with Crippen LogP contribution < -0.4 is 9.62 Å². The van der Waals surface area contributed by atoms with Crippen LogP contribution in [-0.2, 0) is 24.7 Å². The average Bonchev–Trinajstić information content (AvgIpc) is 2.77. The molecule has 3 aromatic rings. The summed E-state index contributed by atoms with van der Waals surface area (Å²) in [5.74, 6) is -0.532. The fourth-order valence-electron chi connectivity index (χ4n) is 3.29. The second-order valence-corrected chi connectivity index (χ2v) is 12.2. The topological polar surface area (TPSA) is 101 Å². The van der Waals surface area contributed by atoms with Crippen molar-refractivity contribution in [1.29, 1.82) is 0 Å². The first-order valence-electron chi connectivity index (χ1n) is 10.3. The molecule has 10 heteroatoms. The molecule has 180 valence electrons. The van der Waals surface area contributed by atoms with Crippen LogP contribution in [0.1, 0.15) is 24.1 Å². The van der Waals surface area contributed by atoms with Gasteiger partial charge in [0, 0.05) is 11.3 Å². The second kappa shape index (κ2) is 10.2. The predicted molar refractivity (Wildman–Crippen MR) is 133 cm³/mol. The Morgan fingerprint density at radius 1 is 0.941 bits per heavy atom. The number of halogens is 1. The number of carbonyl (C=O) groups excluding carboxylic acids is 1. The maximum absolute atomic E-state index is 13.4. The first kappa shape index (κ1) is 25.7. The molecule has 0 fully saturated rings.